The molecule has 0 saturated carbocycles. The number of nitrogens with one attached hydrogen (secondary N) is 1. The van der Waals surface area contributed by atoms with Crippen LogP contribution in [0.1, 0.15) is 39.3 Å². The first-order valence-corrected chi connectivity index (χ1v) is 12.9. The van der Waals surface area contributed by atoms with Crippen LogP contribution in [-0.2, 0) is 13.0 Å². The predicted molar refractivity (Wildman–Crippen MR) is 141 cm³/mol. The minimum absolute atomic E-state index is 0.111. The Morgan fingerprint density at radius 3 is 2.54 bits per heavy atom. The highest BCUT2D eigenvalue weighted by Gasteiger charge is 2.24. The molecule has 1 atom stereocenters. The average molecular weight is 484 g/mol. The van der Waals surface area contributed by atoms with Gasteiger partial charge in [-0.25, -0.2) is 9.97 Å². The molecule has 7 heteroatoms. The number of rotatable bonds is 8. The number of carbonyl (C=O) groups is 1. The van der Waals surface area contributed by atoms with Gasteiger partial charge >= 0.3 is 0 Å². The number of carbonyl (C=O) groups excluding carboxylic acids is 1. The Hall–Kier alpha value is -3.58. The molecule has 178 valence electrons. The summed E-state index contributed by atoms with van der Waals surface area (Å²) in [6.07, 6.45) is 7.02. The van der Waals surface area contributed by atoms with Crippen molar-refractivity contribution in [2.45, 2.75) is 32.7 Å². The van der Waals surface area contributed by atoms with Gasteiger partial charge in [0.1, 0.15) is 21.4 Å². The quantitative estimate of drug-likeness (QED) is 0.368. The second-order valence-electron chi connectivity index (χ2n) is 8.99. The average Bonchev–Trinajstić information content (AvgIpc) is 3.54. The Morgan fingerprint density at radius 1 is 1.03 bits per heavy atom. The topological polar surface area (TPSA) is 71.0 Å². The van der Waals surface area contributed by atoms with Gasteiger partial charge in [0, 0.05) is 19.6 Å². The minimum Gasteiger partial charge on any atom is -0.355 e. The molecule has 0 bridgehead atoms. The van der Waals surface area contributed by atoms with Crippen LogP contribution in [0.4, 0.5) is 5.82 Å². The van der Waals surface area contributed by atoms with E-state index in [-0.39, 0.29) is 5.91 Å². The molecule has 5 rings (SSSR count). The van der Waals surface area contributed by atoms with E-state index < -0.39 is 0 Å². The molecule has 4 aromatic rings. The fourth-order valence-electron chi connectivity index (χ4n) is 4.48. The maximum Gasteiger partial charge on any atom is 0.263 e. The predicted octanol–water partition coefficient (Wildman–Crippen LogP) is 5.30. The van der Waals surface area contributed by atoms with E-state index in [0.29, 0.717) is 28.7 Å². The van der Waals surface area contributed by atoms with E-state index in [9.17, 15) is 4.79 Å². The van der Waals surface area contributed by atoms with E-state index in [1.165, 1.54) is 29.7 Å². The molecule has 6 nitrogen and oxygen atoms in total. The summed E-state index contributed by atoms with van der Waals surface area (Å²) < 4.78 is 0. The van der Waals surface area contributed by atoms with Crippen molar-refractivity contribution in [2.75, 3.05) is 18.0 Å². The van der Waals surface area contributed by atoms with Crippen LogP contribution in [0.5, 0.6) is 0 Å². The minimum atomic E-state index is -0.111. The third kappa shape index (κ3) is 5.74. The summed E-state index contributed by atoms with van der Waals surface area (Å²) in [7, 11) is 0. The molecule has 2 aromatic carbocycles. The zero-order chi connectivity index (χ0) is 24.0. The van der Waals surface area contributed by atoms with Gasteiger partial charge in [0.05, 0.1) is 18.1 Å². The lowest BCUT2D eigenvalue weighted by molar-refractivity contribution is 0.0954. The molecule has 1 saturated heterocycles. The molecule has 1 N–H and O–H groups in total. The lowest BCUT2D eigenvalue weighted by Crippen LogP contribution is -2.22. The van der Waals surface area contributed by atoms with Crippen molar-refractivity contribution >= 4 is 23.1 Å². The molecule has 1 aliphatic heterocycles. The first-order valence-electron chi connectivity index (χ1n) is 12.1. The summed E-state index contributed by atoms with van der Waals surface area (Å²) in [5, 5.41) is 3.72. The van der Waals surface area contributed by atoms with Gasteiger partial charge in [0.2, 0.25) is 0 Å². The van der Waals surface area contributed by atoms with Crippen molar-refractivity contribution in [3.63, 3.8) is 0 Å². The molecule has 1 unspecified atom stereocenters. The van der Waals surface area contributed by atoms with E-state index in [1.807, 2.05) is 43.5 Å². The molecule has 0 radical (unpaired) electrons. The van der Waals surface area contributed by atoms with E-state index >= 15 is 0 Å². The number of hydrogen-bond donors (Lipinski definition) is 1. The Labute approximate surface area is 210 Å². The van der Waals surface area contributed by atoms with Crippen LogP contribution in [0.2, 0.25) is 0 Å². The second kappa shape index (κ2) is 10.8. The largest absolute Gasteiger partial charge is 0.355 e. The molecular weight excluding hydrogens is 454 g/mol. The van der Waals surface area contributed by atoms with Crippen molar-refractivity contribution in [2.24, 2.45) is 5.92 Å². The summed E-state index contributed by atoms with van der Waals surface area (Å²) in [6.45, 7) is 4.34. The standard InChI is InChI=1S/C28H29N5OS/c1-20-26(27(34)30-16-22-10-6-3-7-11-22)35-28(31-20)24-17-29-18-25(32-24)33-15-14-23(19-33)13-12-21-8-4-2-5-9-21/h2-11,17-18,23H,12-16,19H2,1H3,(H,30,34). The number of amides is 1. The number of aromatic nitrogens is 3. The zero-order valence-electron chi connectivity index (χ0n) is 19.9. The number of anilines is 1. The number of nitrogens with zero attached hydrogens (tertiary/aromatic N) is 4. The molecule has 3 heterocycles. The lowest BCUT2D eigenvalue weighted by Gasteiger charge is -2.17. The Morgan fingerprint density at radius 2 is 1.77 bits per heavy atom. The third-order valence-electron chi connectivity index (χ3n) is 6.43. The Kier molecular flexibility index (Phi) is 7.14. The van der Waals surface area contributed by atoms with Gasteiger partial charge in [-0.1, -0.05) is 60.7 Å². The van der Waals surface area contributed by atoms with Gasteiger partial charge in [0.15, 0.2) is 0 Å². The molecular formula is C28H29N5OS. The third-order valence-corrected chi connectivity index (χ3v) is 7.61. The molecule has 0 aliphatic carbocycles. The van der Waals surface area contributed by atoms with Gasteiger partial charge in [-0.15, -0.1) is 11.3 Å². The number of aryl methyl sites for hydroxylation is 2. The van der Waals surface area contributed by atoms with Gasteiger partial charge in [-0.3, -0.25) is 9.78 Å². The normalized spacial score (nSPS) is 15.3. The van der Waals surface area contributed by atoms with Crippen LogP contribution in [0.15, 0.2) is 73.1 Å². The van der Waals surface area contributed by atoms with Gasteiger partial charge in [-0.2, -0.15) is 0 Å². The van der Waals surface area contributed by atoms with Gasteiger partial charge in [-0.05, 0) is 43.2 Å². The maximum atomic E-state index is 12.8. The van der Waals surface area contributed by atoms with E-state index in [1.54, 1.807) is 6.20 Å². The highest BCUT2D eigenvalue weighted by atomic mass is 32.1. The molecule has 1 amide bonds. The Bertz CT molecular complexity index is 1280. The van der Waals surface area contributed by atoms with Crippen molar-refractivity contribution in [1.82, 2.24) is 20.3 Å². The second-order valence-corrected chi connectivity index (χ2v) is 9.99. The first-order chi connectivity index (χ1) is 17.2. The first kappa shape index (κ1) is 23.2. The van der Waals surface area contributed by atoms with Crippen molar-refractivity contribution in [3.05, 3.63) is 94.8 Å². The molecule has 1 fully saturated rings. The maximum absolute atomic E-state index is 12.8. The number of thiazole rings is 1. The SMILES string of the molecule is Cc1nc(-c2cncc(N3CCC(CCc4ccccc4)C3)n2)sc1C(=O)NCc1ccccc1. The Balaban J connectivity index is 1.22. The van der Waals surface area contributed by atoms with Gasteiger partial charge in [0.25, 0.3) is 5.91 Å². The molecule has 2 aromatic heterocycles. The van der Waals surface area contributed by atoms with Crippen LogP contribution in [0.25, 0.3) is 10.7 Å². The smallest absolute Gasteiger partial charge is 0.263 e. The van der Waals surface area contributed by atoms with E-state index in [4.69, 9.17) is 4.98 Å². The van der Waals surface area contributed by atoms with E-state index in [0.717, 1.165) is 35.9 Å². The highest BCUT2D eigenvalue weighted by molar-refractivity contribution is 7.17. The van der Waals surface area contributed by atoms with Crippen molar-refractivity contribution in [1.29, 1.82) is 0 Å². The van der Waals surface area contributed by atoms with Crippen molar-refractivity contribution in [3.8, 4) is 10.7 Å². The summed E-state index contributed by atoms with van der Waals surface area (Å²) in [4.78, 5) is 29.7. The summed E-state index contributed by atoms with van der Waals surface area (Å²) in [6, 6.07) is 20.6. The summed E-state index contributed by atoms with van der Waals surface area (Å²) in [5.41, 5.74) is 3.89. The summed E-state index contributed by atoms with van der Waals surface area (Å²) in [5.74, 6) is 1.43. The molecule has 35 heavy (non-hydrogen) atoms. The monoisotopic (exact) mass is 483 g/mol. The van der Waals surface area contributed by atoms with Crippen LogP contribution in [0.3, 0.4) is 0 Å². The number of benzene rings is 2. The van der Waals surface area contributed by atoms with Crippen LogP contribution in [0, 0.1) is 12.8 Å². The fourth-order valence-corrected chi connectivity index (χ4v) is 5.42. The van der Waals surface area contributed by atoms with Crippen molar-refractivity contribution < 1.29 is 4.79 Å². The zero-order valence-corrected chi connectivity index (χ0v) is 20.7. The summed E-state index contributed by atoms with van der Waals surface area (Å²) >= 11 is 1.37. The number of hydrogen-bond acceptors (Lipinski definition) is 6. The van der Waals surface area contributed by atoms with E-state index in [2.05, 4.69) is 50.5 Å². The fraction of sp³-hybridized carbons (Fsp3) is 0.286. The molecule has 0 spiro atoms. The van der Waals surface area contributed by atoms with Crippen LogP contribution >= 0.6 is 11.3 Å². The lowest BCUT2D eigenvalue weighted by atomic mass is 9.99. The van der Waals surface area contributed by atoms with Crippen LogP contribution in [-0.4, -0.2) is 33.9 Å². The molecule has 1 aliphatic rings. The van der Waals surface area contributed by atoms with Gasteiger partial charge < -0.3 is 10.2 Å². The van der Waals surface area contributed by atoms with Crippen LogP contribution < -0.4 is 10.2 Å². The highest BCUT2D eigenvalue weighted by Crippen LogP contribution is 2.30.